The number of ketones is 1. The summed E-state index contributed by atoms with van der Waals surface area (Å²) in [5.41, 5.74) is 2.39. The first kappa shape index (κ1) is 21.1. The fourth-order valence-corrected chi connectivity index (χ4v) is 4.22. The monoisotopic (exact) mass is 421 g/mol. The fraction of sp³-hybridized carbons (Fsp3) is 0.375. The van der Waals surface area contributed by atoms with E-state index >= 15 is 0 Å². The predicted molar refractivity (Wildman–Crippen MR) is 117 cm³/mol. The van der Waals surface area contributed by atoms with Gasteiger partial charge in [0.15, 0.2) is 0 Å². The average Bonchev–Trinajstić information content (AvgIpc) is 3.03. The second-order valence-electron chi connectivity index (χ2n) is 8.20. The highest BCUT2D eigenvalue weighted by molar-refractivity contribution is 6.46. The Morgan fingerprint density at radius 1 is 1.23 bits per heavy atom. The maximum atomic E-state index is 13.0. The van der Waals surface area contributed by atoms with E-state index in [0.717, 1.165) is 42.7 Å². The number of nitrogens with zero attached hydrogens (tertiary/aromatic N) is 3. The van der Waals surface area contributed by atoms with Crippen LogP contribution in [0.1, 0.15) is 35.6 Å². The summed E-state index contributed by atoms with van der Waals surface area (Å²) in [4.78, 5) is 33.6. The number of Topliss-reactive ketones (excluding diaryl/α,β-unsaturated/α-hetero) is 1. The van der Waals surface area contributed by atoms with Crippen molar-refractivity contribution in [2.24, 2.45) is 0 Å². The van der Waals surface area contributed by atoms with Gasteiger partial charge in [-0.25, -0.2) is 0 Å². The van der Waals surface area contributed by atoms with Crippen LogP contribution < -0.4 is 4.74 Å². The lowest BCUT2D eigenvalue weighted by Gasteiger charge is -2.26. The van der Waals surface area contributed by atoms with Gasteiger partial charge in [0.1, 0.15) is 11.5 Å². The molecule has 1 N–H and O–H groups in total. The number of amides is 1. The van der Waals surface area contributed by atoms with Crippen LogP contribution in [-0.4, -0.2) is 65.4 Å². The maximum absolute atomic E-state index is 13.0. The van der Waals surface area contributed by atoms with Crippen molar-refractivity contribution in [3.8, 4) is 5.75 Å². The highest BCUT2D eigenvalue weighted by atomic mass is 16.5. The third kappa shape index (κ3) is 4.18. The van der Waals surface area contributed by atoms with Gasteiger partial charge in [-0.1, -0.05) is 0 Å². The lowest BCUT2D eigenvalue weighted by molar-refractivity contribution is -0.139. The van der Waals surface area contributed by atoms with Crippen molar-refractivity contribution in [3.63, 3.8) is 0 Å². The van der Waals surface area contributed by atoms with Crippen LogP contribution in [0.25, 0.3) is 5.76 Å². The van der Waals surface area contributed by atoms with Crippen LogP contribution >= 0.6 is 0 Å². The summed E-state index contributed by atoms with van der Waals surface area (Å²) < 4.78 is 5.66. The van der Waals surface area contributed by atoms with Crippen molar-refractivity contribution in [2.45, 2.75) is 25.3 Å². The Labute approximate surface area is 182 Å². The van der Waals surface area contributed by atoms with Crippen molar-refractivity contribution in [3.05, 3.63) is 65.0 Å². The number of hydrogen-bond donors (Lipinski definition) is 1. The van der Waals surface area contributed by atoms with Gasteiger partial charge in [0.25, 0.3) is 11.7 Å². The van der Waals surface area contributed by atoms with Crippen LogP contribution in [0.4, 0.5) is 0 Å². The average molecular weight is 421 g/mol. The van der Waals surface area contributed by atoms with Gasteiger partial charge in [-0.05, 0) is 81.4 Å². The summed E-state index contributed by atoms with van der Waals surface area (Å²) in [6.45, 7) is 1.89. The van der Waals surface area contributed by atoms with Gasteiger partial charge in [-0.15, -0.1) is 0 Å². The van der Waals surface area contributed by atoms with E-state index in [1.54, 1.807) is 35.5 Å². The minimum Gasteiger partial charge on any atom is -0.507 e. The zero-order valence-electron chi connectivity index (χ0n) is 17.9. The number of carbonyl (C=O) groups excluding carboxylic acids is 2. The van der Waals surface area contributed by atoms with Crippen LogP contribution in [0.3, 0.4) is 0 Å². The third-order valence-corrected chi connectivity index (χ3v) is 5.75. The molecule has 0 spiro atoms. The maximum Gasteiger partial charge on any atom is 0.295 e. The van der Waals surface area contributed by atoms with Crippen molar-refractivity contribution < 1.29 is 19.4 Å². The van der Waals surface area contributed by atoms with E-state index in [0.29, 0.717) is 18.7 Å². The number of pyridine rings is 1. The summed E-state index contributed by atoms with van der Waals surface area (Å²) in [5, 5.41) is 11.2. The summed E-state index contributed by atoms with van der Waals surface area (Å²) in [5.74, 6) is -0.581. The smallest absolute Gasteiger partial charge is 0.295 e. The molecule has 2 aliphatic rings. The molecule has 3 heterocycles. The summed E-state index contributed by atoms with van der Waals surface area (Å²) in [6, 6.07) is 8.33. The first-order valence-electron chi connectivity index (χ1n) is 10.6. The van der Waals surface area contributed by atoms with E-state index in [-0.39, 0.29) is 11.3 Å². The van der Waals surface area contributed by atoms with E-state index in [9.17, 15) is 14.7 Å². The molecule has 162 valence electrons. The number of rotatable bonds is 6. The third-order valence-electron chi connectivity index (χ3n) is 5.75. The molecule has 31 heavy (non-hydrogen) atoms. The number of ether oxygens (including phenoxy) is 1. The first-order chi connectivity index (χ1) is 15.0. The minimum absolute atomic E-state index is 0.123. The normalized spacial score (nSPS) is 20.1. The van der Waals surface area contributed by atoms with Gasteiger partial charge in [-0.3, -0.25) is 14.6 Å². The predicted octanol–water partition coefficient (Wildman–Crippen LogP) is 2.78. The molecule has 0 saturated carbocycles. The van der Waals surface area contributed by atoms with Gasteiger partial charge in [0.2, 0.25) is 0 Å². The Morgan fingerprint density at radius 2 is 2.00 bits per heavy atom. The number of hydrogen-bond acceptors (Lipinski definition) is 6. The van der Waals surface area contributed by atoms with Crippen molar-refractivity contribution in [1.82, 2.24) is 14.8 Å². The fourth-order valence-electron chi connectivity index (χ4n) is 4.22. The summed E-state index contributed by atoms with van der Waals surface area (Å²) >= 11 is 0. The van der Waals surface area contributed by atoms with E-state index in [1.165, 1.54) is 0 Å². The number of aliphatic hydroxyl groups excluding tert-OH is 1. The molecule has 7 nitrogen and oxygen atoms in total. The summed E-state index contributed by atoms with van der Waals surface area (Å²) in [7, 11) is 3.93. The molecule has 4 rings (SSSR count). The number of benzene rings is 1. The topological polar surface area (TPSA) is 83.0 Å². The molecule has 0 bridgehead atoms. The molecule has 0 radical (unpaired) electrons. The van der Waals surface area contributed by atoms with Gasteiger partial charge in [0.05, 0.1) is 18.2 Å². The van der Waals surface area contributed by atoms with E-state index < -0.39 is 17.7 Å². The number of aryl methyl sites for hydroxylation is 1. The van der Waals surface area contributed by atoms with Crippen molar-refractivity contribution in [2.75, 3.05) is 33.8 Å². The molecule has 0 aliphatic carbocycles. The standard InChI is InChI=1S/C24H27N3O4/c1-26(2)12-4-13-27-21(16-8-10-25-11-9-16)20(23(29)24(27)30)22(28)18-6-7-19-17(15-18)5-3-14-31-19/h6-11,15,21,28H,3-5,12-14H2,1-2H3/b22-20-. The van der Waals surface area contributed by atoms with Gasteiger partial charge in [0, 0.05) is 24.5 Å². The van der Waals surface area contributed by atoms with Crippen LogP contribution in [0.5, 0.6) is 5.75 Å². The Hall–Kier alpha value is -3.19. The number of likely N-dealkylation sites (tertiary alicyclic amines) is 1. The second-order valence-corrected chi connectivity index (χ2v) is 8.20. The minimum atomic E-state index is -0.655. The molecule has 1 fully saturated rings. The molecule has 1 amide bonds. The molecular weight excluding hydrogens is 394 g/mol. The Morgan fingerprint density at radius 3 is 2.74 bits per heavy atom. The molecule has 1 aromatic carbocycles. The van der Waals surface area contributed by atoms with Crippen molar-refractivity contribution >= 4 is 17.4 Å². The molecular formula is C24H27N3O4. The Kier molecular flexibility index (Phi) is 6.04. The SMILES string of the molecule is CN(C)CCCN1C(=O)C(=O)/C(=C(\O)c2ccc3c(c2)CCCO3)C1c1ccncc1. The Bertz CT molecular complexity index is 1020. The lowest BCUT2D eigenvalue weighted by Crippen LogP contribution is -2.32. The van der Waals surface area contributed by atoms with Gasteiger partial charge < -0.3 is 19.6 Å². The number of aliphatic hydroxyl groups is 1. The zero-order chi connectivity index (χ0) is 22.0. The van der Waals surface area contributed by atoms with Gasteiger partial charge >= 0.3 is 0 Å². The van der Waals surface area contributed by atoms with Crippen LogP contribution in [0, 0.1) is 0 Å². The van der Waals surface area contributed by atoms with E-state index in [1.807, 2.05) is 31.1 Å². The quantitative estimate of drug-likeness (QED) is 0.439. The number of fused-ring (bicyclic) bond motifs is 1. The second kappa shape index (κ2) is 8.89. The van der Waals surface area contributed by atoms with E-state index in [4.69, 9.17) is 4.74 Å². The molecule has 2 aliphatic heterocycles. The molecule has 1 atom stereocenters. The Balaban J connectivity index is 1.76. The highest BCUT2D eigenvalue weighted by Crippen LogP contribution is 2.40. The molecule has 2 aromatic rings. The highest BCUT2D eigenvalue weighted by Gasteiger charge is 2.45. The largest absolute Gasteiger partial charge is 0.507 e. The number of carbonyl (C=O) groups is 2. The molecule has 7 heteroatoms. The van der Waals surface area contributed by atoms with Crippen LogP contribution in [-0.2, 0) is 16.0 Å². The van der Waals surface area contributed by atoms with Gasteiger partial charge in [-0.2, -0.15) is 0 Å². The van der Waals surface area contributed by atoms with E-state index in [2.05, 4.69) is 4.98 Å². The van der Waals surface area contributed by atoms with Crippen LogP contribution in [0.2, 0.25) is 0 Å². The number of aromatic nitrogens is 1. The zero-order valence-corrected chi connectivity index (χ0v) is 17.9. The van der Waals surface area contributed by atoms with Crippen molar-refractivity contribution in [1.29, 1.82) is 0 Å². The molecule has 1 unspecified atom stereocenters. The molecule has 1 saturated heterocycles. The van der Waals surface area contributed by atoms with Crippen LogP contribution in [0.15, 0.2) is 48.3 Å². The molecule has 1 aromatic heterocycles. The summed E-state index contributed by atoms with van der Waals surface area (Å²) in [6.07, 6.45) is 5.74. The lowest BCUT2D eigenvalue weighted by atomic mass is 9.94. The first-order valence-corrected chi connectivity index (χ1v) is 10.6.